The average Bonchev–Trinajstić information content (AvgIpc) is 3.35. The molecule has 1 aliphatic heterocycles. The molecule has 0 saturated carbocycles. The van der Waals surface area contributed by atoms with E-state index in [0.29, 0.717) is 47.0 Å². The topological polar surface area (TPSA) is 133 Å². The molecule has 0 amide bonds. The van der Waals surface area contributed by atoms with Crippen LogP contribution in [0.3, 0.4) is 0 Å². The van der Waals surface area contributed by atoms with Crippen LogP contribution in [0.2, 0.25) is 0 Å². The van der Waals surface area contributed by atoms with E-state index in [4.69, 9.17) is 14.0 Å². The summed E-state index contributed by atoms with van der Waals surface area (Å²) in [4.78, 5) is 30.5. The number of carbonyl (C=O) groups excluding carboxylic acids is 1. The molecule has 0 spiro atoms. The van der Waals surface area contributed by atoms with Gasteiger partial charge in [-0.15, -0.1) is 0 Å². The van der Waals surface area contributed by atoms with Gasteiger partial charge in [-0.05, 0) is 44.2 Å². The van der Waals surface area contributed by atoms with Crippen molar-refractivity contribution in [1.82, 2.24) is 20.4 Å². The van der Waals surface area contributed by atoms with E-state index >= 15 is 0 Å². The lowest BCUT2D eigenvalue weighted by molar-refractivity contribution is -0.384. The van der Waals surface area contributed by atoms with Crippen molar-refractivity contribution in [2.75, 3.05) is 21.3 Å². The molecular formula is C27H29N5O6. The van der Waals surface area contributed by atoms with Gasteiger partial charge in [-0.25, -0.2) is 4.79 Å². The number of nitrogens with one attached hydrogen (secondary N) is 1. The van der Waals surface area contributed by atoms with Gasteiger partial charge >= 0.3 is 5.97 Å². The number of hydrogen-bond donors (Lipinski definition) is 1. The van der Waals surface area contributed by atoms with Gasteiger partial charge in [0.1, 0.15) is 5.75 Å². The highest BCUT2D eigenvalue weighted by Crippen LogP contribution is 2.43. The third-order valence-corrected chi connectivity index (χ3v) is 6.30. The zero-order valence-corrected chi connectivity index (χ0v) is 21.8. The van der Waals surface area contributed by atoms with Crippen LogP contribution in [0.4, 0.5) is 5.69 Å². The van der Waals surface area contributed by atoms with Crippen LogP contribution in [0.15, 0.2) is 70.0 Å². The molecule has 1 N–H and O–H groups in total. The number of esters is 1. The molecule has 11 heteroatoms. The van der Waals surface area contributed by atoms with Crippen molar-refractivity contribution in [2.45, 2.75) is 32.9 Å². The van der Waals surface area contributed by atoms with Crippen molar-refractivity contribution < 1.29 is 23.7 Å². The van der Waals surface area contributed by atoms with Crippen LogP contribution in [0.25, 0.3) is 5.57 Å². The molecule has 1 aliphatic rings. The number of non-ortho nitro benzene ring substituents is 1. The van der Waals surface area contributed by atoms with Crippen molar-refractivity contribution in [3.05, 3.63) is 98.5 Å². The molecule has 3 aromatic rings. The van der Waals surface area contributed by atoms with E-state index in [1.807, 2.05) is 43.1 Å². The van der Waals surface area contributed by atoms with Gasteiger partial charge in [0.05, 0.1) is 37.2 Å². The summed E-state index contributed by atoms with van der Waals surface area (Å²) in [6.07, 6.45) is 0. The Labute approximate surface area is 219 Å². The van der Waals surface area contributed by atoms with Gasteiger partial charge in [0.2, 0.25) is 0 Å². The third kappa shape index (κ3) is 5.57. The van der Waals surface area contributed by atoms with Gasteiger partial charge in [-0.2, -0.15) is 4.98 Å². The summed E-state index contributed by atoms with van der Waals surface area (Å²) in [6, 6.07) is 14.0. The molecular weight excluding hydrogens is 490 g/mol. The number of nitrogens with zero attached hydrogens (tertiary/aromatic N) is 4. The number of nitro benzene ring substituents is 1. The zero-order chi connectivity index (χ0) is 27.4. The Morgan fingerprint density at radius 3 is 2.53 bits per heavy atom. The third-order valence-electron chi connectivity index (χ3n) is 6.30. The summed E-state index contributed by atoms with van der Waals surface area (Å²) in [7, 11) is 4.87. The summed E-state index contributed by atoms with van der Waals surface area (Å²) in [5.74, 6) is 0.190. The predicted molar refractivity (Wildman–Crippen MR) is 139 cm³/mol. The molecule has 0 saturated heterocycles. The summed E-state index contributed by atoms with van der Waals surface area (Å²) < 4.78 is 15.9. The molecule has 38 heavy (non-hydrogen) atoms. The van der Waals surface area contributed by atoms with Gasteiger partial charge in [0, 0.05) is 35.6 Å². The molecule has 1 aromatic heterocycles. The largest absolute Gasteiger partial charge is 0.497 e. The maximum atomic E-state index is 12.9. The van der Waals surface area contributed by atoms with Gasteiger partial charge in [-0.1, -0.05) is 29.4 Å². The Kier molecular flexibility index (Phi) is 7.87. The average molecular weight is 520 g/mol. The number of allylic oxidation sites excluding steroid dienone is 3. The minimum atomic E-state index is -0.714. The van der Waals surface area contributed by atoms with Crippen molar-refractivity contribution in [1.29, 1.82) is 0 Å². The Balaban J connectivity index is 1.66. The van der Waals surface area contributed by atoms with Crippen LogP contribution in [0, 0.1) is 10.1 Å². The highest BCUT2D eigenvalue weighted by Gasteiger charge is 2.37. The minimum Gasteiger partial charge on any atom is -0.497 e. The van der Waals surface area contributed by atoms with Crippen LogP contribution in [-0.2, 0) is 22.6 Å². The lowest BCUT2D eigenvalue weighted by Crippen LogP contribution is -2.28. The van der Waals surface area contributed by atoms with Gasteiger partial charge < -0.3 is 19.3 Å². The molecule has 4 rings (SSSR count). The smallest absolute Gasteiger partial charge is 0.336 e. The number of carbonyl (C=O) groups is 1. The molecule has 11 nitrogen and oxygen atoms in total. The summed E-state index contributed by atoms with van der Waals surface area (Å²) in [5, 5.41) is 18.8. The first-order valence-electron chi connectivity index (χ1n) is 11.9. The highest BCUT2D eigenvalue weighted by atomic mass is 16.6. The normalized spacial score (nSPS) is 15.5. The standard InChI is InChI=1S/C27H29N5O6/c1-16-23(26-29-22(30-38-26)15-31(3)14-18-9-11-21(36-4)12-10-18)25(24(17(2)28-16)27(33)37-5)19-7-6-8-20(13-19)32(34)35/h6-13,25,28H,14-15H2,1-5H3. The molecule has 1 atom stereocenters. The van der Waals surface area contributed by atoms with E-state index in [9.17, 15) is 14.9 Å². The van der Waals surface area contributed by atoms with Gasteiger partial charge in [-0.3, -0.25) is 15.0 Å². The molecule has 0 aliphatic carbocycles. The molecule has 2 aromatic carbocycles. The molecule has 0 fully saturated rings. The quantitative estimate of drug-likeness (QED) is 0.249. The molecule has 1 unspecified atom stereocenters. The maximum absolute atomic E-state index is 12.9. The van der Waals surface area contributed by atoms with Crippen molar-refractivity contribution in [2.24, 2.45) is 0 Å². The summed E-state index contributed by atoms with van der Waals surface area (Å²) in [6.45, 7) is 4.65. The SMILES string of the molecule is COC(=O)C1=C(C)NC(C)=C(c2nc(CN(C)Cc3ccc(OC)cc3)no2)C1c1cccc([N+](=O)[O-])c1. The van der Waals surface area contributed by atoms with Crippen LogP contribution in [-0.4, -0.2) is 47.2 Å². The number of hydrogen-bond acceptors (Lipinski definition) is 10. The first-order chi connectivity index (χ1) is 18.2. The maximum Gasteiger partial charge on any atom is 0.336 e. The number of aromatic nitrogens is 2. The number of rotatable bonds is 9. The van der Waals surface area contributed by atoms with Crippen molar-refractivity contribution in [3.8, 4) is 5.75 Å². The second kappa shape index (κ2) is 11.3. The van der Waals surface area contributed by atoms with E-state index < -0.39 is 16.8 Å². The lowest BCUT2D eigenvalue weighted by Gasteiger charge is -2.29. The van der Waals surface area contributed by atoms with E-state index in [2.05, 4.69) is 15.5 Å². The van der Waals surface area contributed by atoms with E-state index in [1.165, 1.54) is 19.2 Å². The second-order valence-corrected chi connectivity index (χ2v) is 9.02. The number of ether oxygens (including phenoxy) is 2. The van der Waals surface area contributed by atoms with Crippen LogP contribution in [0.5, 0.6) is 5.75 Å². The summed E-state index contributed by atoms with van der Waals surface area (Å²) >= 11 is 0. The van der Waals surface area contributed by atoms with Crippen molar-refractivity contribution in [3.63, 3.8) is 0 Å². The van der Waals surface area contributed by atoms with Gasteiger partial charge in [0.15, 0.2) is 5.82 Å². The highest BCUT2D eigenvalue weighted by molar-refractivity contribution is 5.96. The van der Waals surface area contributed by atoms with Gasteiger partial charge in [0.25, 0.3) is 11.6 Å². The fraction of sp³-hybridized carbons (Fsp3) is 0.296. The minimum absolute atomic E-state index is 0.0914. The van der Waals surface area contributed by atoms with Crippen LogP contribution >= 0.6 is 0 Å². The van der Waals surface area contributed by atoms with E-state index in [-0.39, 0.29) is 11.6 Å². The molecule has 198 valence electrons. The Morgan fingerprint density at radius 1 is 1.13 bits per heavy atom. The second-order valence-electron chi connectivity index (χ2n) is 9.02. The molecule has 2 heterocycles. The first kappa shape index (κ1) is 26.6. The number of methoxy groups -OCH3 is 2. The zero-order valence-electron chi connectivity index (χ0n) is 21.8. The van der Waals surface area contributed by atoms with E-state index in [0.717, 1.165) is 11.3 Å². The number of benzene rings is 2. The lowest BCUT2D eigenvalue weighted by atomic mass is 9.80. The van der Waals surface area contributed by atoms with Crippen LogP contribution in [0.1, 0.15) is 42.6 Å². The molecule has 0 bridgehead atoms. The van der Waals surface area contributed by atoms with Crippen LogP contribution < -0.4 is 10.1 Å². The van der Waals surface area contributed by atoms with E-state index in [1.54, 1.807) is 26.2 Å². The first-order valence-corrected chi connectivity index (χ1v) is 11.9. The monoisotopic (exact) mass is 519 g/mol. The van der Waals surface area contributed by atoms with Crippen molar-refractivity contribution >= 4 is 17.2 Å². The fourth-order valence-electron chi connectivity index (χ4n) is 4.58. The Morgan fingerprint density at radius 2 is 1.87 bits per heavy atom. The molecule has 0 radical (unpaired) electrons. The number of nitro groups is 1. The summed E-state index contributed by atoms with van der Waals surface area (Å²) in [5.41, 5.74) is 3.67. The Hall–Kier alpha value is -4.51. The fourth-order valence-corrected chi connectivity index (χ4v) is 4.58. The number of dihydropyridines is 1. The predicted octanol–water partition coefficient (Wildman–Crippen LogP) is 4.18. The Bertz CT molecular complexity index is 1410.